The Morgan fingerprint density at radius 3 is 2.44 bits per heavy atom. The van der Waals surface area contributed by atoms with Gasteiger partial charge in [-0.1, -0.05) is 22.0 Å². The van der Waals surface area contributed by atoms with Crippen molar-refractivity contribution < 1.29 is 18.9 Å². The molecule has 0 radical (unpaired) electrons. The largest absolute Gasteiger partial charge is 0.493 e. The molecule has 0 saturated heterocycles. The molecule has 1 aromatic carbocycles. The minimum atomic E-state index is 0.494. The number of methoxy groups -OCH3 is 2. The Morgan fingerprint density at radius 2 is 1.78 bits per heavy atom. The van der Waals surface area contributed by atoms with Crippen LogP contribution in [0.3, 0.4) is 0 Å². The van der Waals surface area contributed by atoms with Crippen molar-refractivity contribution in [1.82, 2.24) is 0 Å². The van der Waals surface area contributed by atoms with Gasteiger partial charge in [-0.2, -0.15) is 0 Å². The molecule has 0 aliphatic carbocycles. The van der Waals surface area contributed by atoms with Crippen LogP contribution in [0, 0.1) is 0 Å². The maximum Gasteiger partial charge on any atom is 0.161 e. The average Bonchev–Trinajstić information content (AvgIpc) is 2.42. The zero-order valence-corrected chi connectivity index (χ0v) is 12.4. The number of halogens is 1. The topological polar surface area (TPSA) is 36.9 Å². The van der Waals surface area contributed by atoms with Crippen molar-refractivity contribution in [3.63, 3.8) is 0 Å². The van der Waals surface area contributed by atoms with Crippen molar-refractivity contribution in [2.24, 2.45) is 0 Å². The summed E-state index contributed by atoms with van der Waals surface area (Å²) in [5, 5.41) is 0.795. The number of ether oxygens (including phenoxy) is 4. The molecule has 18 heavy (non-hydrogen) atoms. The van der Waals surface area contributed by atoms with E-state index in [9.17, 15) is 0 Å². The minimum Gasteiger partial charge on any atom is -0.493 e. The van der Waals surface area contributed by atoms with Gasteiger partial charge in [-0.15, -0.1) is 0 Å². The van der Waals surface area contributed by atoms with Gasteiger partial charge in [0.25, 0.3) is 0 Å². The number of benzene rings is 1. The van der Waals surface area contributed by atoms with E-state index in [1.165, 1.54) is 0 Å². The summed E-state index contributed by atoms with van der Waals surface area (Å²) in [6.07, 6.45) is 0. The summed E-state index contributed by atoms with van der Waals surface area (Å²) in [5.74, 6) is 1.47. The Hall–Kier alpha value is -0.780. The molecule has 0 N–H and O–H groups in total. The molecule has 0 aliphatic rings. The van der Waals surface area contributed by atoms with Crippen LogP contribution in [0.4, 0.5) is 0 Å². The predicted molar refractivity (Wildman–Crippen MR) is 73.8 cm³/mol. The lowest BCUT2D eigenvalue weighted by atomic mass is 10.2. The highest BCUT2D eigenvalue weighted by Gasteiger charge is 2.05. The van der Waals surface area contributed by atoms with Crippen molar-refractivity contribution in [3.8, 4) is 11.5 Å². The first-order chi connectivity index (χ1) is 8.81. The van der Waals surface area contributed by atoms with Gasteiger partial charge in [0, 0.05) is 12.4 Å². The first-order valence-corrected chi connectivity index (χ1v) is 6.86. The third-order valence-electron chi connectivity index (χ3n) is 2.30. The lowest BCUT2D eigenvalue weighted by Crippen LogP contribution is -2.10. The van der Waals surface area contributed by atoms with Crippen LogP contribution in [0.2, 0.25) is 0 Å². The fourth-order valence-corrected chi connectivity index (χ4v) is 1.72. The van der Waals surface area contributed by atoms with Gasteiger partial charge in [-0.3, -0.25) is 0 Å². The Morgan fingerprint density at radius 1 is 1.00 bits per heavy atom. The lowest BCUT2D eigenvalue weighted by Gasteiger charge is -2.11. The maximum absolute atomic E-state index is 5.60. The van der Waals surface area contributed by atoms with Crippen LogP contribution >= 0.6 is 15.9 Å². The van der Waals surface area contributed by atoms with Crippen molar-refractivity contribution in [3.05, 3.63) is 23.8 Å². The van der Waals surface area contributed by atoms with E-state index in [4.69, 9.17) is 18.9 Å². The molecule has 0 atom stereocenters. The van der Waals surface area contributed by atoms with E-state index in [1.807, 2.05) is 18.2 Å². The lowest BCUT2D eigenvalue weighted by molar-refractivity contribution is 0.0540. The highest BCUT2D eigenvalue weighted by Crippen LogP contribution is 2.28. The Kier molecular flexibility index (Phi) is 7.80. The smallest absolute Gasteiger partial charge is 0.161 e. The van der Waals surface area contributed by atoms with Crippen LogP contribution in [0.5, 0.6) is 11.5 Å². The fourth-order valence-electron chi connectivity index (χ4n) is 1.37. The number of hydrogen-bond donors (Lipinski definition) is 0. The number of rotatable bonds is 9. The van der Waals surface area contributed by atoms with Crippen LogP contribution in [0.1, 0.15) is 5.56 Å². The molecule has 102 valence electrons. The second-order valence-corrected chi connectivity index (χ2v) is 4.13. The quantitative estimate of drug-likeness (QED) is 0.518. The molecule has 0 spiro atoms. The van der Waals surface area contributed by atoms with E-state index in [0.717, 1.165) is 22.4 Å². The maximum atomic E-state index is 5.60. The summed E-state index contributed by atoms with van der Waals surface area (Å²) in [6.45, 7) is 2.21. The summed E-state index contributed by atoms with van der Waals surface area (Å²) < 4.78 is 21.1. The SMILES string of the molecule is COCCOCCOc1ccc(CBr)cc1OC. The molecule has 0 bridgehead atoms. The van der Waals surface area contributed by atoms with Gasteiger partial charge in [0.2, 0.25) is 0 Å². The van der Waals surface area contributed by atoms with E-state index in [-0.39, 0.29) is 0 Å². The molecule has 0 fully saturated rings. The van der Waals surface area contributed by atoms with Gasteiger partial charge in [-0.25, -0.2) is 0 Å². The van der Waals surface area contributed by atoms with Crippen molar-refractivity contribution >= 4 is 15.9 Å². The van der Waals surface area contributed by atoms with Crippen molar-refractivity contribution in [2.45, 2.75) is 5.33 Å². The fraction of sp³-hybridized carbons (Fsp3) is 0.538. The number of hydrogen-bond acceptors (Lipinski definition) is 4. The summed E-state index contributed by atoms with van der Waals surface area (Å²) in [4.78, 5) is 0. The monoisotopic (exact) mass is 318 g/mol. The normalized spacial score (nSPS) is 10.4. The second kappa shape index (κ2) is 9.19. The molecule has 0 amide bonds. The van der Waals surface area contributed by atoms with E-state index in [2.05, 4.69) is 15.9 Å². The molecule has 1 aromatic rings. The highest BCUT2D eigenvalue weighted by molar-refractivity contribution is 9.08. The number of alkyl halides is 1. The summed E-state index contributed by atoms with van der Waals surface area (Å²) >= 11 is 3.41. The summed E-state index contributed by atoms with van der Waals surface area (Å²) in [5.41, 5.74) is 1.15. The zero-order valence-electron chi connectivity index (χ0n) is 10.8. The summed E-state index contributed by atoms with van der Waals surface area (Å²) in [7, 11) is 3.28. The molecular formula is C13H19BrO4. The van der Waals surface area contributed by atoms with E-state index >= 15 is 0 Å². The van der Waals surface area contributed by atoms with Gasteiger partial charge in [0.1, 0.15) is 6.61 Å². The minimum absolute atomic E-state index is 0.494. The third kappa shape index (κ3) is 5.25. The Balaban J connectivity index is 2.37. The van der Waals surface area contributed by atoms with Gasteiger partial charge in [0.15, 0.2) is 11.5 Å². The van der Waals surface area contributed by atoms with Gasteiger partial charge in [-0.05, 0) is 17.7 Å². The van der Waals surface area contributed by atoms with E-state index in [0.29, 0.717) is 26.4 Å². The predicted octanol–water partition coefficient (Wildman–Crippen LogP) is 2.63. The van der Waals surface area contributed by atoms with E-state index in [1.54, 1.807) is 14.2 Å². The van der Waals surface area contributed by atoms with Crippen LogP contribution in [-0.4, -0.2) is 40.6 Å². The second-order valence-electron chi connectivity index (χ2n) is 3.57. The first-order valence-electron chi connectivity index (χ1n) is 5.74. The molecule has 5 heteroatoms. The molecule has 1 rings (SSSR count). The first kappa shape index (κ1) is 15.3. The van der Waals surface area contributed by atoms with Crippen molar-refractivity contribution in [1.29, 1.82) is 0 Å². The van der Waals surface area contributed by atoms with Crippen molar-refractivity contribution in [2.75, 3.05) is 40.6 Å². The van der Waals surface area contributed by atoms with Gasteiger partial charge >= 0.3 is 0 Å². The molecule has 0 saturated carbocycles. The molecule has 0 unspecified atom stereocenters. The Labute approximate surface area is 116 Å². The molecule has 4 nitrogen and oxygen atoms in total. The van der Waals surface area contributed by atoms with Gasteiger partial charge in [0.05, 0.1) is 26.9 Å². The summed E-state index contributed by atoms with van der Waals surface area (Å²) in [6, 6.07) is 5.86. The highest BCUT2D eigenvalue weighted by atomic mass is 79.9. The van der Waals surface area contributed by atoms with Crippen LogP contribution < -0.4 is 9.47 Å². The molecule has 0 aromatic heterocycles. The third-order valence-corrected chi connectivity index (χ3v) is 2.95. The Bertz CT molecular complexity index is 344. The van der Waals surface area contributed by atoms with Crippen LogP contribution in [0.15, 0.2) is 18.2 Å². The zero-order chi connectivity index (χ0) is 13.2. The molecule has 0 heterocycles. The van der Waals surface area contributed by atoms with Gasteiger partial charge < -0.3 is 18.9 Å². The van der Waals surface area contributed by atoms with Crippen LogP contribution in [0.25, 0.3) is 0 Å². The van der Waals surface area contributed by atoms with Crippen LogP contribution in [-0.2, 0) is 14.8 Å². The molecule has 0 aliphatic heterocycles. The van der Waals surface area contributed by atoms with E-state index < -0.39 is 0 Å². The standard InChI is InChI=1S/C13H19BrO4/c1-15-5-6-17-7-8-18-12-4-3-11(10-14)9-13(12)16-2/h3-4,9H,5-8,10H2,1-2H3. The molecular weight excluding hydrogens is 300 g/mol. The average molecular weight is 319 g/mol.